The first-order valence-electron chi connectivity index (χ1n) is 9.43. The van der Waals surface area contributed by atoms with Crippen LogP contribution in [0.5, 0.6) is 11.5 Å². The number of methoxy groups -OCH3 is 2. The summed E-state index contributed by atoms with van der Waals surface area (Å²) >= 11 is 0. The Morgan fingerprint density at radius 1 is 1.22 bits per heavy atom. The summed E-state index contributed by atoms with van der Waals surface area (Å²) in [6, 6.07) is 6.41. The number of allylic oxidation sites excluding steroid dienone is 2. The topological polar surface area (TPSA) is 48.0 Å². The fourth-order valence-corrected chi connectivity index (χ4v) is 4.26. The van der Waals surface area contributed by atoms with Gasteiger partial charge in [0.15, 0.2) is 11.5 Å². The van der Waals surface area contributed by atoms with Gasteiger partial charge in [0, 0.05) is 23.5 Å². The number of benzene rings is 1. The lowest BCUT2D eigenvalue weighted by Crippen LogP contribution is -2.42. The van der Waals surface area contributed by atoms with E-state index in [4.69, 9.17) is 14.2 Å². The monoisotopic (exact) mass is 371 g/mol. The summed E-state index contributed by atoms with van der Waals surface area (Å²) in [6.45, 7) is 4.63. The van der Waals surface area contributed by atoms with Gasteiger partial charge in [-0.3, -0.25) is 4.90 Å². The number of likely N-dealkylation sites (tertiary alicyclic amines) is 1. The second-order valence-corrected chi connectivity index (χ2v) is 7.40. The van der Waals surface area contributed by atoms with Crippen LogP contribution in [0.25, 0.3) is 0 Å². The molecule has 0 N–H and O–H groups in total. The van der Waals surface area contributed by atoms with Crippen LogP contribution >= 0.6 is 0 Å². The molecule has 27 heavy (non-hydrogen) atoms. The predicted molar refractivity (Wildman–Crippen MR) is 105 cm³/mol. The number of ether oxygens (including phenoxy) is 3. The van der Waals surface area contributed by atoms with Gasteiger partial charge in [0.2, 0.25) is 0 Å². The Balaban J connectivity index is 1.93. The van der Waals surface area contributed by atoms with Crippen LogP contribution in [0.2, 0.25) is 0 Å². The molecule has 2 atom stereocenters. The molecule has 5 nitrogen and oxygen atoms in total. The van der Waals surface area contributed by atoms with E-state index in [9.17, 15) is 4.79 Å². The van der Waals surface area contributed by atoms with Crippen LogP contribution in [0, 0.1) is 0 Å². The molecule has 2 aliphatic rings. The van der Waals surface area contributed by atoms with Crippen molar-refractivity contribution >= 4 is 5.97 Å². The quantitative estimate of drug-likeness (QED) is 0.581. The number of nitrogens with zero attached hydrogens (tertiary/aromatic N) is 1. The molecule has 5 heteroatoms. The summed E-state index contributed by atoms with van der Waals surface area (Å²) in [5.74, 6) is 2.00. The first-order chi connectivity index (χ1) is 12.9. The fraction of sp³-hybridized carbons (Fsp3) is 0.500. The number of carbonyl (C=O) groups excluding carboxylic acids is 1. The van der Waals surface area contributed by atoms with Gasteiger partial charge in [-0.1, -0.05) is 12.1 Å². The number of esters is 1. The summed E-state index contributed by atoms with van der Waals surface area (Å²) in [4.78, 5) is 14.5. The van der Waals surface area contributed by atoms with Crippen molar-refractivity contribution in [2.45, 2.75) is 44.6 Å². The molecule has 0 radical (unpaired) electrons. The number of rotatable bonds is 5. The van der Waals surface area contributed by atoms with Crippen molar-refractivity contribution in [3.8, 4) is 11.5 Å². The van der Waals surface area contributed by atoms with Gasteiger partial charge in [0.25, 0.3) is 0 Å². The average Bonchev–Trinajstić information content (AvgIpc) is 3.04. The fourth-order valence-electron chi connectivity index (χ4n) is 4.26. The van der Waals surface area contributed by atoms with E-state index in [1.54, 1.807) is 27.2 Å². The van der Waals surface area contributed by atoms with Crippen molar-refractivity contribution in [3.63, 3.8) is 0 Å². The molecule has 0 bridgehead atoms. The largest absolute Gasteiger partial charge is 0.493 e. The Labute approximate surface area is 161 Å². The Morgan fingerprint density at radius 3 is 2.63 bits per heavy atom. The molecule has 146 valence electrons. The molecule has 0 spiro atoms. The molecule has 0 saturated carbocycles. The number of likely N-dealkylation sites (N-methyl/N-ethyl adjacent to an activating group) is 1. The maximum atomic E-state index is 12.1. The van der Waals surface area contributed by atoms with Crippen LogP contribution in [0.15, 0.2) is 41.7 Å². The van der Waals surface area contributed by atoms with Crippen molar-refractivity contribution < 1.29 is 19.0 Å². The lowest BCUT2D eigenvalue weighted by atomic mass is 9.68. The van der Waals surface area contributed by atoms with Crippen molar-refractivity contribution in [1.29, 1.82) is 0 Å². The molecule has 1 aliphatic carbocycles. The number of hydrogen-bond acceptors (Lipinski definition) is 5. The lowest BCUT2D eigenvalue weighted by Gasteiger charge is -2.40. The molecular weight excluding hydrogens is 342 g/mol. The van der Waals surface area contributed by atoms with E-state index in [2.05, 4.69) is 30.2 Å². The average molecular weight is 371 g/mol. The third kappa shape index (κ3) is 3.48. The maximum absolute atomic E-state index is 12.1. The van der Waals surface area contributed by atoms with Crippen LogP contribution in [0.1, 0.15) is 38.7 Å². The molecule has 1 saturated heterocycles. The van der Waals surface area contributed by atoms with Crippen LogP contribution in [0.3, 0.4) is 0 Å². The third-order valence-corrected chi connectivity index (χ3v) is 6.05. The molecule has 1 heterocycles. The zero-order valence-electron chi connectivity index (χ0n) is 16.9. The van der Waals surface area contributed by atoms with E-state index in [0.29, 0.717) is 5.57 Å². The second-order valence-electron chi connectivity index (χ2n) is 7.40. The summed E-state index contributed by atoms with van der Waals surface area (Å²) in [5.41, 5.74) is 1.88. The molecule has 0 aromatic heterocycles. The van der Waals surface area contributed by atoms with Gasteiger partial charge in [0.05, 0.1) is 14.2 Å². The van der Waals surface area contributed by atoms with E-state index in [-0.39, 0.29) is 17.4 Å². The third-order valence-electron chi connectivity index (χ3n) is 6.05. The Morgan fingerprint density at radius 2 is 1.96 bits per heavy atom. The van der Waals surface area contributed by atoms with Gasteiger partial charge in [-0.25, -0.2) is 4.79 Å². The lowest BCUT2D eigenvalue weighted by molar-refractivity contribution is -0.135. The minimum atomic E-state index is -0.261. The summed E-state index contributed by atoms with van der Waals surface area (Å²) in [6.07, 6.45) is 6.66. The minimum absolute atomic E-state index is 0.000150. The van der Waals surface area contributed by atoms with E-state index in [1.165, 1.54) is 5.56 Å². The van der Waals surface area contributed by atoms with Gasteiger partial charge < -0.3 is 14.2 Å². The zero-order valence-corrected chi connectivity index (χ0v) is 16.9. The molecular formula is C22H29NO4. The van der Waals surface area contributed by atoms with E-state index in [0.717, 1.165) is 43.1 Å². The molecule has 1 aliphatic heterocycles. The minimum Gasteiger partial charge on any atom is -0.493 e. The van der Waals surface area contributed by atoms with Crippen LogP contribution in [-0.4, -0.2) is 44.7 Å². The van der Waals surface area contributed by atoms with E-state index >= 15 is 0 Å². The van der Waals surface area contributed by atoms with Crippen molar-refractivity contribution in [2.24, 2.45) is 0 Å². The first-order valence-corrected chi connectivity index (χ1v) is 9.43. The standard InChI is InChI=1S/C22H29NO4/c1-6-15(2)21(24)27-17-9-10-22(11-12-23(3)20(22)14-17)16-7-8-18(25-4)19(13-16)26-5/h6-8,13-14,20H,9-12H2,1-5H3/b15-6+. The summed E-state index contributed by atoms with van der Waals surface area (Å²) < 4.78 is 16.6. The van der Waals surface area contributed by atoms with Gasteiger partial charge in [-0.2, -0.15) is 0 Å². The number of hydrogen-bond donors (Lipinski definition) is 0. The van der Waals surface area contributed by atoms with Crippen molar-refractivity contribution in [3.05, 3.63) is 47.2 Å². The van der Waals surface area contributed by atoms with Gasteiger partial charge in [0.1, 0.15) is 5.76 Å². The highest BCUT2D eigenvalue weighted by Crippen LogP contribution is 2.49. The number of fused-ring (bicyclic) bond motifs is 1. The van der Waals surface area contributed by atoms with E-state index < -0.39 is 0 Å². The first kappa shape index (κ1) is 19.5. The van der Waals surface area contributed by atoms with Crippen LogP contribution in [0.4, 0.5) is 0 Å². The predicted octanol–water partition coefficient (Wildman–Crippen LogP) is 3.83. The second kappa shape index (κ2) is 7.77. The molecule has 1 fully saturated rings. The highest BCUT2D eigenvalue weighted by Gasteiger charge is 2.48. The van der Waals surface area contributed by atoms with Gasteiger partial charge >= 0.3 is 5.97 Å². The Hall–Kier alpha value is -2.27. The van der Waals surface area contributed by atoms with E-state index in [1.807, 2.05) is 13.0 Å². The van der Waals surface area contributed by atoms with Crippen molar-refractivity contribution in [1.82, 2.24) is 4.90 Å². The van der Waals surface area contributed by atoms with Crippen LogP contribution < -0.4 is 9.47 Å². The smallest absolute Gasteiger partial charge is 0.338 e. The highest BCUT2D eigenvalue weighted by atomic mass is 16.5. The zero-order chi connectivity index (χ0) is 19.6. The van der Waals surface area contributed by atoms with Gasteiger partial charge in [-0.05, 0) is 64.1 Å². The Bertz CT molecular complexity index is 783. The maximum Gasteiger partial charge on any atom is 0.338 e. The molecule has 0 amide bonds. The molecule has 1 aromatic carbocycles. The number of carbonyl (C=O) groups is 1. The molecule has 2 unspecified atom stereocenters. The molecule has 3 rings (SSSR count). The summed E-state index contributed by atoms with van der Waals surface area (Å²) in [7, 11) is 5.45. The molecule has 1 aromatic rings. The Kier molecular flexibility index (Phi) is 5.61. The highest BCUT2D eigenvalue weighted by molar-refractivity contribution is 5.88. The van der Waals surface area contributed by atoms with Gasteiger partial charge in [-0.15, -0.1) is 0 Å². The normalized spacial score (nSPS) is 25.6. The summed E-state index contributed by atoms with van der Waals surface area (Å²) in [5, 5.41) is 0. The van der Waals surface area contributed by atoms with Crippen molar-refractivity contribution in [2.75, 3.05) is 27.8 Å². The SMILES string of the molecule is C/C=C(\C)C(=O)OC1=CC2N(C)CCC2(c2ccc(OC)c(OC)c2)CC1. The van der Waals surface area contributed by atoms with Crippen LogP contribution in [-0.2, 0) is 14.9 Å².